The summed E-state index contributed by atoms with van der Waals surface area (Å²) in [4.78, 5) is 24.4. The summed E-state index contributed by atoms with van der Waals surface area (Å²) >= 11 is 5.91. The average Bonchev–Trinajstić information content (AvgIpc) is 2.62. The summed E-state index contributed by atoms with van der Waals surface area (Å²) in [6.07, 6.45) is 6.90. The van der Waals surface area contributed by atoms with Crippen LogP contribution in [0.3, 0.4) is 0 Å². The van der Waals surface area contributed by atoms with E-state index in [1.165, 1.54) is 31.6 Å². The molecule has 0 unspecified atom stereocenters. The molecule has 25 heavy (non-hydrogen) atoms. The third kappa shape index (κ3) is 5.78. The van der Waals surface area contributed by atoms with Gasteiger partial charge < -0.3 is 14.8 Å². The number of hydrogen-bond acceptors (Lipinski definition) is 4. The molecule has 1 atom stereocenters. The highest BCUT2D eigenvalue weighted by atomic mass is 35.5. The minimum Gasteiger partial charge on any atom is -0.496 e. The van der Waals surface area contributed by atoms with Crippen LogP contribution in [0.15, 0.2) is 29.8 Å². The van der Waals surface area contributed by atoms with E-state index in [9.17, 15) is 9.59 Å². The third-order valence-electron chi connectivity index (χ3n) is 4.16. The van der Waals surface area contributed by atoms with Gasteiger partial charge in [-0.15, -0.1) is 0 Å². The highest BCUT2D eigenvalue weighted by molar-refractivity contribution is 6.31. The lowest BCUT2D eigenvalue weighted by Gasteiger charge is -2.16. The molecule has 0 aliphatic heterocycles. The Morgan fingerprint density at radius 2 is 2.12 bits per heavy atom. The van der Waals surface area contributed by atoms with E-state index in [1.54, 1.807) is 19.1 Å². The maximum atomic E-state index is 12.3. The fourth-order valence-corrected chi connectivity index (χ4v) is 2.91. The van der Waals surface area contributed by atoms with E-state index in [-0.39, 0.29) is 11.5 Å². The first kappa shape index (κ1) is 19.3. The molecule has 5 nitrogen and oxygen atoms in total. The second kappa shape index (κ2) is 9.47. The van der Waals surface area contributed by atoms with Crippen molar-refractivity contribution in [3.63, 3.8) is 0 Å². The second-order valence-electron chi connectivity index (χ2n) is 6.04. The number of allylic oxidation sites excluding steroid dienone is 1. The van der Waals surface area contributed by atoms with Crippen molar-refractivity contribution in [2.24, 2.45) is 0 Å². The van der Waals surface area contributed by atoms with E-state index in [0.717, 1.165) is 19.3 Å². The lowest BCUT2D eigenvalue weighted by molar-refractivity contribution is -0.129. The van der Waals surface area contributed by atoms with Gasteiger partial charge in [-0.1, -0.05) is 23.3 Å². The zero-order valence-electron chi connectivity index (χ0n) is 14.6. The molecule has 0 fully saturated rings. The Kier molecular flexibility index (Phi) is 7.31. The van der Waals surface area contributed by atoms with Crippen molar-refractivity contribution in [1.29, 1.82) is 0 Å². The SMILES string of the molecule is COc1ccc(Cl)cc1C(=O)O[C@H](C)C(=O)NCCC1=CCCCC1. The molecule has 1 N–H and O–H groups in total. The molecule has 136 valence electrons. The zero-order chi connectivity index (χ0) is 18.2. The van der Waals surface area contributed by atoms with Gasteiger partial charge in [-0.05, 0) is 57.2 Å². The number of methoxy groups -OCH3 is 1. The number of amides is 1. The minimum absolute atomic E-state index is 0.196. The Morgan fingerprint density at radius 1 is 1.32 bits per heavy atom. The normalized spacial score (nSPS) is 15.1. The molecule has 1 aromatic rings. The first-order valence-electron chi connectivity index (χ1n) is 8.51. The predicted octanol–water partition coefficient (Wildman–Crippen LogP) is 3.90. The Balaban J connectivity index is 1.84. The van der Waals surface area contributed by atoms with Crippen molar-refractivity contribution in [1.82, 2.24) is 5.32 Å². The van der Waals surface area contributed by atoms with E-state index >= 15 is 0 Å². The number of halogens is 1. The van der Waals surface area contributed by atoms with Crippen LogP contribution in [0.5, 0.6) is 5.75 Å². The summed E-state index contributed by atoms with van der Waals surface area (Å²) in [6, 6.07) is 4.66. The topological polar surface area (TPSA) is 64.6 Å². The van der Waals surface area contributed by atoms with Crippen molar-refractivity contribution >= 4 is 23.5 Å². The fourth-order valence-electron chi connectivity index (χ4n) is 2.74. The summed E-state index contributed by atoms with van der Waals surface area (Å²) < 4.78 is 10.4. The molecule has 2 rings (SSSR count). The first-order chi connectivity index (χ1) is 12.0. The van der Waals surface area contributed by atoms with E-state index in [2.05, 4.69) is 11.4 Å². The molecule has 0 heterocycles. The standard InChI is InChI=1S/C19H24ClNO4/c1-13(18(22)21-11-10-14-6-4-3-5-7-14)25-19(23)16-12-15(20)8-9-17(16)24-2/h6,8-9,12-13H,3-5,7,10-11H2,1-2H3,(H,21,22)/t13-/m1/s1. The Labute approximate surface area is 153 Å². The number of carbonyl (C=O) groups is 2. The monoisotopic (exact) mass is 365 g/mol. The van der Waals surface area contributed by atoms with Crippen LogP contribution in [0.2, 0.25) is 5.02 Å². The molecule has 6 heteroatoms. The molecule has 1 aromatic carbocycles. The molecule has 0 saturated carbocycles. The molecule has 0 radical (unpaired) electrons. The van der Waals surface area contributed by atoms with E-state index < -0.39 is 12.1 Å². The number of rotatable bonds is 7. The summed E-state index contributed by atoms with van der Waals surface area (Å²) in [5.74, 6) is -0.603. The van der Waals surface area contributed by atoms with Crippen molar-refractivity contribution in [2.45, 2.75) is 45.1 Å². The van der Waals surface area contributed by atoms with Crippen molar-refractivity contribution in [3.8, 4) is 5.75 Å². The zero-order valence-corrected chi connectivity index (χ0v) is 15.4. The van der Waals surface area contributed by atoms with Crippen LogP contribution in [-0.4, -0.2) is 31.6 Å². The van der Waals surface area contributed by atoms with Gasteiger partial charge in [-0.25, -0.2) is 4.79 Å². The molecule has 1 aliphatic carbocycles. The average molecular weight is 366 g/mol. The van der Waals surface area contributed by atoms with Gasteiger partial charge in [-0.2, -0.15) is 0 Å². The predicted molar refractivity (Wildman–Crippen MR) is 97.1 cm³/mol. The minimum atomic E-state index is -0.892. The molecule has 0 bridgehead atoms. The highest BCUT2D eigenvalue weighted by Gasteiger charge is 2.21. The fraction of sp³-hybridized carbons (Fsp3) is 0.474. The number of benzene rings is 1. The Hall–Kier alpha value is -2.01. The smallest absolute Gasteiger partial charge is 0.342 e. The summed E-state index contributed by atoms with van der Waals surface area (Å²) in [6.45, 7) is 2.09. The lowest BCUT2D eigenvalue weighted by atomic mass is 9.97. The quantitative estimate of drug-likeness (QED) is 0.588. The van der Waals surface area contributed by atoms with Gasteiger partial charge in [-0.3, -0.25) is 4.79 Å². The molecule has 1 aliphatic rings. The number of carbonyl (C=O) groups excluding carboxylic acids is 2. The maximum absolute atomic E-state index is 12.3. The third-order valence-corrected chi connectivity index (χ3v) is 4.40. The van der Waals surface area contributed by atoms with E-state index in [0.29, 0.717) is 17.3 Å². The molecule has 0 saturated heterocycles. The molecule has 0 spiro atoms. The molecular formula is C19H24ClNO4. The van der Waals surface area contributed by atoms with Crippen LogP contribution < -0.4 is 10.1 Å². The summed E-state index contributed by atoms with van der Waals surface area (Å²) in [5, 5.41) is 3.21. The maximum Gasteiger partial charge on any atom is 0.342 e. The van der Waals surface area contributed by atoms with Gasteiger partial charge in [0, 0.05) is 11.6 Å². The van der Waals surface area contributed by atoms with Gasteiger partial charge in [0.2, 0.25) is 0 Å². The first-order valence-corrected chi connectivity index (χ1v) is 8.89. The van der Waals surface area contributed by atoms with Gasteiger partial charge >= 0.3 is 5.97 Å². The molecular weight excluding hydrogens is 342 g/mol. The molecule has 1 amide bonds. The Morgan fingerprint density at radius 3 is 2.80 bits per heavy atom. The van der Waals surface area contributed by atoms with Crippen LogP contribution in [0.1, 0.15) is 49.4 Å². The van der Waals surface area contributed by atoms with Gasteiger partial charge in [0.15, 0.2) is 6.10 Å². The number of esters is 1. The highest BCUT2D eigenvalue weighted by Crippen LogP contribution is 2.24. The van der Waals surface area contributed by atoms with Crippen molar-refractivity contribution in [3.05, 3.63) is 40.4 Å². The molecule has 0 aromatic heterocycles. The number of ether oxygens (including phenoxy) is 2. The van der Waals surface area contributed by atoms with Crippen LogP contribution in [0, 0.1) is 0 Å². The second-order valence-corrected chi connectivity index (χ2v) is 6.48. The van der Waals surface area contributed by atoms with Crippen LogP contribution >= 0.6 is 11.6 Å². The van der Waals surface area contributed by atoms with Crippen molar-refractivity contribution < 1.29 is 19.1 Å². The largest absolute Gasteiger partial charge is 0.496 e. The number of nitrogens with one attached hydrogen (secondary N) is 1. The number of hydrogen-bond donors (Lipinski definition) is 1. The van der Waals surface area contributed by atoms with Crippen LogP contribution in [0.25, 0.3) is 0 Å². The Bertz CT molecular complexity index is 657. The summed E-state index contributed by atoms with van der Waals surface area (Å²) in [5.41, 5.74) is 1.59. The van der Waals surface area contributed by atoms with Gasteiger partial charge in [0.25, 0.3) is 5.91 Å². The van der Waals surface area contributed by atoms with Gasteiger partial charge in [0.05, 0.1) is 7.11 Å². The van der Waals surface area contributed by atoms with Crippen LogP contribution in [-0.2, 0) is 9.53 Å². The lowest BCUT2D eigenvalue weighted by Crippen LogP contribution is -2.36. The summed E-state index contributed by atoms with van der Waals surface area (Å²) in [7, 11) is 1.45. The van der Waals surface area contributed by atoms with Gasteiger partial charge in [0.1, 0.15) is 11.3 Å². The van der Waals surface area contributed by atoms with Crippen LogP contribution in [0.4, 0.5) is 0 Å². The van der Waals surface area contributed by atoms with E-state index in [4.69, 9.17) is 21.1 Å². The van der Waals surface area contributed by atoms with E-state index in [1.807, 2.05) is 0 Å². The van der Waals surface area contributed by atoms with Crippen molar-refractivity contribution in [2.75, 3.05) is 13.7 Å².